The number of hydrogen-bond donors (Lipinski definition) is 1. The summed E-state index contributed by atoms with van der Waals surface area (Å²) in [7, 11) is 0. The second kappa shape index (κ2) is 6.74. The van der Waals surface area contributed by atoms with Gasteiger partial charge in [0.25, 0.3) is 0 Å². The molecule has 1 N–H and O–H groups in total. The molecule has 1 unspecified atom stereocenters. The summed E-state index contributed by atoms with van der Waals surface area (Å²) in [5.41, 5.74) is 0. The van der Waals surface area contributed by atoms with Crippen LogP contribution in [0.3, 0.4) is 0 Å². The summed E-state index contributed by atoms with van der Waals surface area (Å²) >= 11 is 0. The Kier molecular flexibility index (Phi) is 5.26. The molecule has 2 aliphatic rings. The second-order valence-corrected chi connectivity index (χ2v) is 6.63. The van der Waals surface area contributed by atoms with E-state index in [2.05, 4.69) is 31.0 Å². The van der Waals surface area contributed by atoms with Crippen molar-refractivity contribution in [3.8, 4) is 0 Å². The number of nitrogens with zero attached hydrogens (tertiary/aromatic N) is 1. The van der Waals surface area contributed by atoms with Crippen LogP contribution in [0.2, 0.25) is 0 Å². The molecule has 1 aliphatic carbocycles. The SMILES string of the molecule is CCC1CCC(N2CCCC(NC(C)C)C2=O)CC1. The van der Waals surface area contributed by atoms with Gasteiger partial charge in [-0.2, -0.15) is 0 Å². The van der Waals surface area contributed by atoms with Crippen molar-refractivity contribution in [1.82, 2.24) is 10.2 Å². The molecule has 2 fully saturated rings. The number of likely N-dealkylation sites (tertiary alicyclic amines) is 1. The smallest absolute Gasteiger partial charge is 0.239 e. The normalized spacial score (nSPS) is 32.9. The van der Waals surface area contributed by atoms with E-state index >= 15 is 0 Å². The van der Waals surface area contributed by atoms with Gasteiger partial charge in [-0.25, -0.2) is 0 Å². The van der Waals surface area contributed by atoms with Crippen LogP contribution in [0.25, 0.3) is 0 Å². The number of carbonyl (C=O) groups excluding carboxylic acids is 1. The summed E-state index contributed by atoms with van der Waals surface area (Å²) in [6, 6.07) is 0.981. The van der Waals surface area contributed by atoms with Crippen molar-refractivity contribution in [2.75, 3.05) is 6.54 Å². The van der Waals surface area contributed by atoms with E-state index in [-0.39, 0.29) is 6.04 Å². The Labute approximate surface area is 118 Å². The molecule has 0 radical (unpaired) electrons. The molecule has 1 aliphatic heterocycles. The third-order valence-corrected chi connectivity index (χ3v) is 4.84. The second-order valence-electron chi connectivity index (χ2n) is 6.63. The van der Waals surface area contributed by atoms with E-state index in [0.29, 0.717) is 18.0 Å². The number of hydrogen-bond acceptors (Lipinski definition) is 2. The minimum atomic E-state index is 0.0673. The van der Waals surface area contributed by atoms with Crippen molar-refractivity contribution < 1.29 is 4.79 Å². The molecule has 3 heteroatoms. The Morgan fingerprint density at radius 3 is 2.47 bits per heavy atom. The Balaban J connectivity index is 1.91. The quantitative estimate of drug-likeness (QED) is 0.848. The maximum atomic E-state index is 12.6. The molecule has 19 heavy (non-hydrogen) atoms. The van der Waals surface area contributed by atoms with E-state index in [9.17, 15) is 4.79 Å². The van der Waals surface area contributed by atoms with Gasteiger partial charge in [-0.1, -0.05) is 27.2 Å². The first-order chi connectivity index (χ1) is 9.11. The van der Waals surface area contributed by atoms with Gasteiger partial charge in [-0.3, -0.25) is 4.79 Å². The van der Waals surface area contributed by atoms with Crippen LogP contribution in [0, 0.1) is 5.92 Å². The van der Waals surface area contributed by atoms with Gasteiger partial charge in [-0.15, -0.1) is 0 Å². The van der Waals surface area contributed by atoms with Crippen LogP contribution in [0.4, 0.5) is 0 Å². The molecule has 0 bridgehead atoms. The van der Waals surface area contributed by atoms with Crippen LogP contribution < -0.4 is 5.32 Å². The number of piperidine rings is 1. The molecular weight excluding hydrogens is 236 g/mol. The highest BCUT2D eigenvalue weighted by atomic mass is 16.2. The zero-order valence-electron chi connectivity index (χ0n) is 12.8. The molecule has 3 nitrogen and oxygen atoms in total. The average Bonchev–Trinajstić information content (AvgIpc) is 2.41. The molecule has 1 heterocycles. The van der Waals surface area contributed by atoms with Gasteiger partial charge in [0.15, 0.2) is 0 Å². The van der Waals surface area contributed by atoms with Crippen molar-refractivity contribution in [3.05, 3.63) is 0 Å². The van der Waals surface area contributed by atoms with E-state index in [1.54, 1.807) is 0 Å². The van der Waals surface area contributed by atoms with Gasteiger partial charge < -0.3 is 10.2 Å². The molecule has 1 amide bonds. The Morgan fingerprint density at radius 1 is 1.21 bits per heavy atom. The highest BCUT2D eigenvalue weighted by Gasteiger charge is 2.34. The summed E-state index contributed by atoms with van der Waals surface area (Å²) in [6.45, 7) is 7.52. The van der Waals surface area contributed by atoms with Crippen molar-refractivity contribution >= 4 is 5.91 Å². The number of carbonyl (C=O) groups is 1. The summed E-state index contributed by atoms with van der Waals surface area (Å²) in [4.78, 5) is 14.8. The van der Waals surface area contributed by atoms with Crippen LogP contribution in [-0.2, 0) is 4.79 Å². The topological polar surface area (TPSA) is 32.3 Å². The van der Waals surface area contributed by atoms with Gasteiger partial charge in [0.1, 0.15) is 0 Å². The molecular formula is C16H30N2O. The maximum Gasteiger partial charge on any atom is 0.239 e. The third kappa shape index (κ3) is 3.71. The molecule has 1 atom stereocenters. The third-order valence-electron chi connectivity index (χ3n) is 4.84. The van der Waals surface area contributed by atoms with Crippen LogP contribution in [0.15, 0.2) is 0 Å². The Hall–Kier alpha value is -0.570. The van der Waals surface area contributed by atoms with Gasteiger partial charge in [0.05, 0.1) is 6.04 Å². The van der Waals surface area contributed by atoms with E-state index in [1.807, 2.05) is 0 Å². The van der Waals surface area contributed by atoms with Crippen LogP contribution in [0.5, 0.6) is 0 Å². The average molecular weight is 266 g/mol. The number of rotatable bonds is 4. The maximum absolute atomic E-state index is 12.6. The van der Waals surface area contributed by atoms with Gasteiger partial charge in [0, 0.05) is 18.6 Å². The lowest BCUT2D eigenvalue weighted by Crippen LogP contribution is -2.55. The van der Waals surface area contributed by atoms with Crippen molar-refractivity contribution in [2.45, 2.75) is 83.8 Å². The molecule has 0 spiro atoms. The first-order valence-corrected chi connectivity index (χ1v) is 8.18. The lowest BCUT2D eigenvalue weighted by Gasteiger charge is -2.41. The van der Waals surface area contributed by atoms with E-state index in [4.69, 9.17) is 0 Å². The summed E-state index contributed by atoms with van der Waals surface area (Å²) in [5.74, 6) is 1.26. The summed E-state index contributed by atoms with van der Waals surface area (Å²) in [5, 5.41) is 3.43. The van der Waals surface area contributed by atoms with E-state index in [1.165, 1.54) is 32.1 Å². The molecule has 2 rings (SSSR count). The molecule has 0 aromatic heterocycles. The Bertz CT molecular complexity index is 295. The minimum absolute atomic E-state index is 0.0673. The van der Waals surface area contributed by atoms with Gasteiger partial charge in [0.2, 0.25) is 5.91 Å². The van der Waals surface area contributed by atoms with Crippen molar-refractivity contribution in [3.63, 3.8) is 0 Å². The predicted octanol–water partition coefficient (Wildman–Crippen LogP) is 2.94. The molecule has 0 aromatic rings. The lowest BCUT2D eigenvalue weighted by molar-refractivity contribution is -0.139. The Morgan fingerprint density at radius 2 is 1.89 bits per heavy atom. The zero-order chi connectivity index (χ0) is 13.8. The molecule has 1 saturated carbocycles. The first kappa shape index (κ1) is 14.8. The van der Waals surface area contributed by atoms with E-state index < -0.39 is 0 Å². The highest BCUT2D eigenvalue weighted by Crippen LogP contribution is 2.31. The van der Waals surface area contributed by atoms with Crippen molar-refractivity contribution in [2.24, 2.45) is 5.92 Å². The fourth-order valence-corrected chi connectivity index (χ4v) is 3.68. The predicted molar refractivity (Wildman–Crippen MR) is 79.0 cm³/mol. The van der Waals surface area contributed by atoms with E-state index in [0.717, 1.165) is 25.3 Å². The fraction of sp³-hybridized carbons (Fsp3) is 0.938. The summed E-state index contributed by atoms with van der Waals surface area (Å²) in [6.07, 6.45) is 8.54. The van der Waals surface area contributed by atoms with Crippen molar-refractivity contribution in [1.29, 1.82) is 0 Å². The number of nitrogens with one attached hydrogen (secondary N) is 1. The minimum Gasteiger partial charge on any atom is -0.338 e. The van der Waals surface area contributed by atoms with Crippen LogP contribution in [-0.4, -0.2) is 35.5 Å². The van der Waals surface area contributed by atoms with Crippen LogP contribution >= 0.6 is 0 Å². The largest absolute Gasteiger partial charge is 0.338 e. The molecule has 0 aromatic carbocycles. The van der Waals surface area contributed by atoms with Gasteiger partial charge >= 0.3 is 0 Å². The fourth-order valence-electron chi connectivity index (χ4n) is 3.68. The first-order valence-electron chi connectivity index (χ1n) is 8.18. The number of amides is 1. The van der Waals surface area contributed by atoms with Crippen LogP contribution in [0.1, 0.15) is 65.7 Å². The standard InChI is InChI=1S/C16H30N2O/c1-4-13-7-9-14(10-8-13)18-11-5-6-15(16(18)19)17-12(2)3/h12-15,17H,4-11H2,1-3H3. The zero-order valence-corrected chi connectivity index (χ0v) is 12.8. The summed E-state index contributed by atoms with van der Waals surface area (Å²) < 4.78 is 0. The monoisotopic (exact) mass is 266 g/mol. The molecule has 110 valence electrons. The lowest BCUT2D eigenvalue weighted by atomic mass is 9.83. The highest BCUT2D eigenvalue weighted by molar-refractivity contribution is 5.83. The molecule has 1 saturated heterocycles. The van der Waals surface area contributed by atoms with Gasteiger partial charge in [-0.05, 0) is 44.4 Å².